The first-order valence-corrected chi connectivity index (χ1v) is 10.2. The second-order valence-corrected chi connectivity index (χ2v) is 8.72. The van der Waals surface area contributed by atoms with E-state index in [1.165, 1.54) is 15.8 Å². The van der Waals surface area contributed by atoms with Gasteiger partial charge in [-0.2, -0.15) is 10.1 Å². The monoisotopic (exact) mass is 432 g/mol. The van der Waals surface area contributed by atoms with E-state index in [0.29, 0.717) is 28.4 Å². The number of amides is 2. The molecule has 30 heavy (non-hydrogen) atoms. The van der Waals surface area contributed by atoms with E-state index in [9.17, 15) is 9.59 Å². The molecule has 11 heteroatoms. The molecule has 2 bridgehead atoms. The topological polar surface area (TPSA) is 131 Å². The van der Waals surface area contributed by atoms with Gasteiger partial charge in [-0.05, 0) is 31.6 Å². The highest BCUT2D eigenvalue weighted by atomic mass is 35.5. The van der Waals surface area contributed by atoms with Crippen LogP contribution in [-0.4, -0.2) is 56.1 Å². The molecule has 0 spiro atoms. The van der Waals surface area contributed by atoms with Crippen LogP contribution in [0.15, 0.2) is 18.6 Å². The molecular formula is C19H25ClN8O2. The Morgan fingerprint density at radius 3 is 2.90 bits per heavy atom. The van der Waals surface area contributed by atoms with Gasteiger partial charge in [-0.3, -0.25) is 14.3 Å². The number of aromatic nitrogens is 4. The van der Waals surface area contributed by atoms with Crippen LogP contribution in [0.1, 0.15) is 25.7 Å². The molecule has 10 nitrogen and oxygen atoms in total. The van der Waals surface area contributed by atoms with Gasteiger partial charge in [0.15, 0.2) is 5.82 Å². The van der Waals surface area contributed by atoms with Crippen molar-refractivity contribution < 1.29 is 9.59 Å². The van der Waals surface area contributed by atoms with Crippen molar-refractivity contribution in [3.8, 4) is 0 Å². The highest BCUT2D eigenvalue weighted by Crippen LogP contribution is 2.53. The molecule has 0 radical (unpaired) electrons. The van der Waals surface area contributed by atoms with Gasteiger partial charge in [-0.25, -0.2) is 4.98 Å². The lowest BCUT2D eigenvalue weighted by molar-refractivity contribution is -0.129. The molecule has 2 saturated carbocycles. The Bertz CT molecular complexity index is 977. The Labute approximate surface area is 179 Å². The Kier molecular flexibility index (Phi) is 5.27. The number of carbonyl (C=O) groups is 2. The number of hydrogen-bond acceptors (Lipinski definition) is 7. The predicted octanol–water partition coefficient (Wildman–Crippen LogP) is 1.61. The minimum absolute atomic E-state index is 0.0615. The van der Waals surface area contributed by atoms with Crippen LogP contribution in [0.3, 0.4) is 0 Å². The van der Waals surface area contributed by atoms with Crippen LogP contribution in [0.5, 0.6) is 0 Å². The number of hydrogen-bond donors (Lipinski definition) is 3. The molecule has 2 aliphatic carbocycles. The fraction of sp³-hybridized carbons (Fsp3) is 0.526. The fourth-order valence-corrected chi connectivity index (χ4v) is 4.66. The fourth-order valence-electron chi connectivity index (χ4n) is 4.52. The third-order valence-corrected chi connectivity index (χ3v) is 6.30. The van der Waals surface area contributed by atoms with E-state index >= 15 is 0 Å². The second kappa shape index (κ2) is 7.75. The molecule has 4 N–H and O–H groups in total. The molecule has 0 aromatic carbocycles. The number of primary amides is 1. The summed E-state index contributed by atoms with van der Waals surface area (Å²) >= 11 is 6.34. The minimum Gasteiger partial charge on any atom is -0.369 e. The largest absolute Gasteiger partial charge is 0.369 e. The summed E-state index contributed by atoms with van der Waals surface area (Å²) in [6, 6.07) is 0. The van der Waals surface area contributed by atoms with Crippen molar-refractivity contribution in [3.05, 3.63) is 23.6 Å². The molecule has 3 atom stereocenters. The molecular weight excluding hydrogens is 408 g/mol. The van der Waals surface area contributed by atoms with Crippen LogP contribution < -0.4 is 16.4 Å². The zero-order valence-electron chi connectivity index (χ0n) is 16.9. The summed E-state index contributed by atoms with van der Waals surface area (Å²) in [7, 11) is 3.39. The molecule has 2 fully saturated rings. The smallest absolute Gasteiger partial charge is 0.243 e. The lowest BCUT2D eigenvalue weighted by Crippen LogP contribution is -2.47. The van der Waals surface area contributed by atoms with Gasteiger partial charge in [0, 0.05) is 20.3 Å². The number of halogens is 1. The highest BCUT2D eigenvalue weighted by Gasteiger charge is 2.54. The number of anilines is 3. The molecule has 2 aromatic rings. The van der Waals surface area contributed by atoms with Crippen molar-refractivity contribution in [3.63, 3.8) is 0 Å². The highest BCUT2D eigenvalue weighted by molar-refractivity contribution is 6.32. The first kappa shape index (κ1) is 20.4. The molecule has 2 amide bonds. The van der Waals surface area contributed by atoms with Crippen LogP contribution in [0.4, 0.5) is 17.5 Å². The van der Waals surface area contributed by atoms with E-state index in [4.69, 9.17) is 17.3 Å². The zero-order valence-corrected chi connectivity index (χ0v) is 17.7. The van der Waals surface area contributed by atoms with E-state index in [1.54, 1.807) is 26.5 Å². The van der Waals surface area contributed by atoms with E-state index < -0.39 is 5.54 Å². The van der Waals surface area contributed by atoms with Crippen LogP contribution in [-0.2, 0) is 16.1 Å². The molecule has 4 rings (SSSR count). The molecule has 160 valence electrons. The number of nitrogens with zero attached hydrogens (tertiary/aromatic N) is 5. The Morgan fingerprint density at radius 2 is 2.20 bits per heavy atom. The first-order chi connectivity index (χ1) is 14.3. The predicted molar refractivity (Wildman–Crippen MR) is 112 cm³/mol. The maximum atomic E-state index is 12.0. The third kappa shape index (κ3) is 3.91. The van der Waals surface area contributed by atoms with Crippen molar-refractivity contribution in [2.75, 3.05) is 24.7 Å². The number of nitrogens with one attached hydrogen (secondary N) is 2. The molecule has 2 aliphatic rings. The van der Waals surface area contributed by atoms with E-state index in [0.717, 1.165) is 25.7 Å². The van der Waals surface area contributed by atoms with Crippen LogP contribution >= 0.6 is 11.6 Å². The Morgan fingerprint density at radius 1 is 1.40 bits per heavy atom. The van der Waals surface area contributed by atoms with Gasteiger partial charge in [-0.15, -0.1) is 0 Å². The lowest BCUT2D eigenvalue weighted by atomic mass is 9.82. The molecule has 0 saturated heterocycles. The average Bonchev–Trinajstić information content (AvgIpc) is 3.39. The molecule has 3 unspecified atom stereocenters. The number of nitrogens with two attached hydrogens (primary N) is 1. The Balaban J connectivity index is 1.50. The van der Waals surface area contributed by atoms with Crippen molar-refractivity contribution in [2.24, 2.45) is 17.6 Å². The summed E-state index contributed by atoms with van der Waals surface area (Å²) in [4.78, 5) is 34.0. The van der Waals surface area contributed by atoms with Gasteiger partial charge in [0.05, 0.1) is 29.5 Å². The van der Waals surface area contributed by atoms with Gasteiger partial charge < -0.3 is 21.3 Å². The maximum absolute atomic E-state index is 12.0. The molecule has 2 aromatic heterocycles. The van der Waals surface area contributed by atoms with Crippen LogP contribution in [0.25, 0.3) is 0 Å². The van der Waals surface area contributed by atoms with Crippen molar-refractivity contribution >= 4 is 40.9 Å². The molecule has 0 aliphatic heterocycles. The summed E-state index contributed by atoms with van der Waals surface area (Å²) in [5.74, 6) is 0.731. The summed E-state index contributed by atoms with van der Waals surface area (Å²) < 4.78 is 1.54. The van der Waals surface area contributed by atoms with E-state index in [1.807, 2.05) is 0 Å². The number of likely N-dealkylation sites (N-methyl/N-ethyl adjacent to an activating group) is 1. The van der Waals surface area contributed by atoms with E-state index in [2.05, 4.69) is 25.7 Å². The second-order valence-electron chi connectivity index (χ2n) is 8.31. The third-order valence-electron chi connectivity index (χ3n) is 6.03. The van der Waals surface area contributed by atoms with Crippen molar-refractivity contribution in [1.29, 1.82) is 0 Å². The first-order valence-electron chi connectivity index (χ1n) is 9.85. The quantitative estimate of drug-likeness (QED) is 0.605. The normalized spacial score (nSPS) is 24.6. The van der Waals surface area contributed by atoms with Gasteiger partial charge in [0.1, 0.15) is 11.6 Å². The summed E-state index contributed by atoms with van der Waals surface area (Å²) in [6.45, 7) is 0.140. The van der Waals surface area contributed by atoms with Gasteiger partial charge in [0.25, 0.3) is 0 Å². The average molecular weight is 433 g/mol. The number of fused-ring (bicyclic) bond motifs is 2. The molecule has 2 heterocycles. The summed E-state index contributed by atoms with van der Waals surface area (Å²) in [5.41, 5.74) is 5.90. The minimum atomic E-state index is -0.400. The van der Waals surface area contributed by atoms with Crippen LogP contribution in [0, 0.1) is 11.8 Å². The van der Waals surface area contributed by atoms with Crippen molar-refractivity contribution in [2.45, 2.75) is 37.8 Å². The summed E-state index contributed by atoms with van der Waals surface area (Å²) in [5, 5.41) is 11.0. The van der Waals surface area contributed by atoms with Gasteiger partial charge in [-0.1, -0.05) is 11.6 Å². The van der Waals surface area contributed by atoms with Gasteiger partial charge >= 0.3 is 0 Å². The van der Waals surface area contributed by atoms with Gasteiger partial charge in [0.2, 0.25) is 17.8 Å². The SMILES string of the molecule is CN(C)C(=O)Cn1cc(Nc2ncc(Cl)c(NC34CCC(CC3C(N)=O)C4)n2)cn1. The number of rotatable bonds is 7. The van der Waals surface area contributed by atoms with E-state index in [-0.39, 0.29) is 24.3 Å². The maximum Gasteiger partial charge on any atom is 0.243 e. The van der Waals surface area contributed by atoms with Crippen molar-refractivity contribution in [1.82, 2.24) is 24.6 Å². The standard InChI is InChI=1S/C19H25ClN8O2/c1-27(2)15(29)10-28-9-12(7-23-28)24-18-22-8-14(20)17(25-18)26-19-4-3-11(6-19)5-13(19)16(21)30/h7-9,11,13H,3-6,10H2,1-2H3,(H2,21,30)(H2,22,24,25,26). The Hall–Kier alpha value is -2.88. The summed E-state index contributed by atoms with van der Waals surface area (Å²) in [6.07, 6.45) is 8.42. The number of carbonyl (C=O) groups excluding carboxylic acids is 2. The zero-order chi connectivity index (χ0) is 21.5. The lowest BCUT2D eigenvalue weighted by Gasteiger charge is -2.35. The van der Waals surface area contributed by atoms with Crippen LogP contribution in [0.2, 0.25) is 5.02 Å².